The monoisotopic (exact) mass is 285 g/mol. The molecule has 2 aliphatic rings. The zero-order valence-corrected chi connectivity index (χ0v) is 11.8. The minimum absolute atomic E-state index is 0.0336. The Kier molecular flexibility index (Phi) is 3.36. The maximum absolute atomic E-state index is 12.5. The fraction of sp³-hybridized carbons (Fsp3) is 0.750. The van der Waals surface area contributed by atoms with Gasteiger partial charge in [0, 0.05) is 31.2 Å². The molecule has 7 heteroatoms. The van der Waals surface area contributed by atoms with Crippen molar-refractivity contribution in [2.45, 2.75) is 37.6 Å². The van der Waals surface area contributed by atoms with Gasteiger partial charge >= 0.3 is 0 Å². The summed E-state index contributed by atoms with van der Waals surface area (Å²) >= 11 is 0. The number of rotatable bonds is 3. The number of hydrogen-bond donors (Lipinski definition) is 0. The topological polar surface area (TPSA) is 66.7 Å². The number of sulfonamides is 1. The zero-order chi connectivity index (χ0) is 13.5. The summed E-state index contributed by atoms with van der Waals surface area (Å²) in [6.45, 7) is 4.53. The summed E-state index contributed by atoms with van der Waals surface area (Å²) in [6.07, 6.45) is 3.68. The minimum Gasteiger partial charge on any atom is -0.364 e. The molecule has 106 valence electrons. The molecule has 0 N–H and O–H groups in total. The van der Waals surface area contributed by atoms with Gasteiger partial charge in [-0.15, -0.1) is 0 Å². The van der Waals surface area contributed by atoms with Gasteiger partial charge < -0.3 is 4.52 Å². The van der Waals surface area contributed by atoms with Gasteiger partial charge in [-0.05, 0) is 26.3 Å². The Morgan fingerprint density at radius 1 is 1.47 bits per heavy atom. The van der Waals surface area contributed by atoms with Gasteiger partial charge in [-0.2, -0.15) is 4.31 Å². The fourth-order valence-corrected chi connectivity index (χ4v) is 4.83. The molecule has 3 heterocycles. The molecule has 2 aliphatic heterocycles. The van der Waals surface area contributed by atoms with Crippen molar-refractivity contribution in [1.29, 1.82) is 0 Å². The number of nitrogens with zero attached hydrogens (tertiary/aromatic N) is 3. The van der Waals surface area contributed by atoms with Crippen LogP contribution in [-0.4, -0.2) is 54.5 Å². The lowest BCUT2D eigenvalue weighted by Crippen LogP contribution is -2.56. The standard InChI is InChI=1S/C12H19N3O3S/c1-10-7-14-5-2-3-12(14)8-15(10)19(16,17)9-11-4-6-18-13-11/h4,6,10,12H,2-3,5,7-9H2,1H3/t10-,12-/m0/s1. The van der Waals surface area contributed by atoms with Gasteiger partial charge in [0.05, 0.1) is 5.69 Å². The molecule has 0 bridgehead atoms. The zero-order valence-electron chi connectivity index (χ0n) is 11.0. The van der Waals surface area contributed by atoms with Crippen LogP contribution in [0.2, 0.25) is 0 Å². The lowest BCUT2D eigenvalue weighted by molar-refractivity contribution is 0.117. The predicted molar refractivity (Wildman–Crippen MR) is 69.9 cm³/mol. The third-order valence-corrected chi connectivity index (χ3v) is 5.94. The Labute approximate surface area is 113 Å². The van der Waals surface area contributed by atoms with E-state index in [1.54, 1.807) is 10.4 Å². The maximum atomic E-state index is 12.5. The smallest absolute Gasteiger partial charge is 0.220 e. The Hall–Kier alpha value is -0.920. The van der Waals surface area contributed by atoms with Crippen molar-refractivity contribution in [2.75, 3.05) is 19.6 Å². The first-order valence-corrected chi connectivity index (χ1v) is 8.30. The van der Waals surface area contributed by atoms with E-state index in [-0.39, 0.29) is 11.8 Å². The Balaban J connectivity index is 1.76. The molecule has 0 unspecified atom stereocenters. The summed E-state index contributed by atoms with van der Waals surface area (Å²) in [6, 6.07) is 2.03. The van der Waals surface area contributed by atoms with Crippen molar-refractivity contribution in [3.8, 4) is 0 Å². The highest BCUT2D eigenvalue weighted by Crippen LogP contribution is 2.27. The van der Waals surface area contributed by atoms with Gasteiger partial charge in [0.1, 0.15) is 12.0 Å². The molecule has 0 spiro atoms. The molecule has 2 atom stereocenters. The second-order valence-corrected chi connectivity index (χ2v) is 7.38. The normalized spacial score (nSPS) is 29.5. The summed E-state index contributed by atoms with van der Waals surface area (Å²) in [5.74, 6) is -0.0689. The van der Waals surface area contributed by atoms with Crippen LogP contribution in [0.15, 0.2) is 16.9 Å². The summed E-state index contributed by atoms with van der Waals surface area (Å²) in [5, 5.41) is 3.70. The van der Waals surface area contributed by atoms with Crippen LogP contribution < -0.4 is 0 Å². The summed E-state index contributed by atoms with van der Waals surface area (Å²) in [7, 11) is -3.31. The van der Waals surface area contributed by atoms with Crippen molar-refractivity contribution < 1.29 is 12.9 Å². The average Bonchev–Trinajstić information content (AvgIpc) is 2.97. The first-order chi connectivity index (χ1) is 9.06. The fourth-order valence-electron chi connectivity index (χ4n) is 3.13. The van der Waals surface area contributed by atoms with E-state index in [1.165, 1.54) is 12.7 Å². The maximum Gasteiger partial charge on any atom is 0.220 e. The summed E-state index contributed by atoms with van der Waals surface area (Å²) in [4.78, 5) is 2.41. The second kappa shape index (κ2) is 4.88. The molecule has 0 amide bonds. The van der Waals surface area contributed by atoms with Crippen LogP contribution in [0.1, 0.15) is 25.5 Å². The molecule has 0 radical (unpaired) electrons. The van der Waals surface area contributed by atoms with E-state index in [2.05, 4.69) is 10.1 Å². The quantitative estimate of drug-likeness (QED) is 0.816. The third kappa shape index (κ3) is 2.54. The molecule has 19 heavy (non-hydrogen) atoms. The molecule has 3 rings (SSSR count). The van der Waals surface area contributed by atoms with Crippen molar-refractivity contribution in [2.24, 2.45) is 0 Å². The minimum atomic E-state index is -3.31. The van der Waals surface area contributed by atoms with Gasteiger partial charge in [-0.3, -0.25) is 4.90 Å². The van der Waals surface area contributed by atoms with Crippen LogP contribution in [0, 0.1) is 0 Å². The molecular formula is C12H19N3O3S. The highest BCUT2D eigenvalue weighted by atomic mass is 32.2. The van der Waals surface area contributed by atoms with Crippen molar-refractivity contribution in [3.63, 3.8) is 0 Å². The molecule has 1 aromatic rings. The van der Waals surface area contributed by atoms with Gasteiger partial charge in [-0.25, -0.2) is 8.42 Å². The molecule has 0 aliphatic carbocycles. The Morgan fingerprint density at radius 2 is 2.32 bits per heavy atom. The molecule has 6 nitrogen and oxygen atoms in total. The largest absolute Gasteiger partial charge is 0.364 e. The van der Waals surface area contributed by atoms with Crippen LogP contribution in [-0.2, 0) is 15.8 Å². The highest BCUT2D eigenvalue weighted by molar-refractivity contribution is 7.88. The van der Waals surface area contributed by atoms with Crippen molar-refractivity contribution >= 4 is 10.0 Å². The average molecular weight is 285 g/mol. The van der Waals surface area contributed by atoms with E-state index in [0.717, 1.165) is 19.5 Å². The first kappa shape index (κ1) is 13.1. The van der Waals surface area contributed by atoms with E-state index < -0.39 is 10.0 Å². The Morgan fingerprint density at radius 3 is 3.05 bits per heavy atom. The van der Waals surface area contributed by atoms with Gasteiger partial charge in [0.2, 0.25) is 10.0 Å². The molecule has 2 saturated heterocycles. The van der Waals surface area contributed by atoms with Crippen LogP contribution in [0.5, 0.6) is 0 Å². The van der Waals surface area contributed by atoms with Crippen LogP contribution in [0.4, 0.5) is 0 Å². The third-order valence-electron chi connectivity index (χ3n) is 4.06. The van der Waals surface area contributed by atoms with E-state index in [4.69, 9.17) is 4.52 Å². The SMILES string of the molecule is C[C@H]1CN2CCC[C@H]2CN1S(=O)(=O)Cc1ccon1. The molecule has 0 aromatic carbocycles. The molecule has 0 saturated carbocycles. The van der Waals surface area contributed by atoms with Crippen LogP contribution in [0.25, 0.3) is 0 Å². The molecular weight excluding hydrogens is 266 g/mol. The second-order valence-electron chi connectivity index (χ2n) is 5.46. The summed E-state index contributed by atoms with van der Waals surface area (Å²) < 4.78 is 31.3. The lowest BCUT2D eigenvalue weighted by atomic mass is 10.1. The lowest BCUT2D eigenvalue weighted by Gasteiger charge is -2.41. The van der Waals surface area contributed by atoms with E-state index in [9.17, 15) is 8.42 Å². The van der Waals surface area contributed by atoms with Crippen molar-refractivity contribution in [1.82, 2.24) is 14.4 Å². The predicted octanol–water partition coefficient (Wildman–Crippen LogP) is 0.673. The summed E-state index contributed by atoms with van der Waals surface area (Å²) in [5.41, 5.74) is 0.473. The first-order valence-electron chi connectivity index (χ1n) is 6.69. The highest BCUT2D eigenvalue weighted by Gasteiger charge is 2.39. The number of fused-ring (bicyclic) bond motifs is 1. The van der Waals surface area contributed by atoms with E-state index in [0.29, 0.717) is 18.3 Å². The Bertz CT molecular complexity index is 528. The molecule has 2 fully saturated rings. The number of piperazine rings is 1. The molecule has 1 aromatic heterocycles. The van der Waals surface area contributed by atoms with Gasteiger partial charge in [0.15, 0.2) is 0 Å². The number of aromatic nitrogens is 1. The van der Waals surface area contributed by atoms with Crippen molar-refractivity contribution in [3.05, 3.63) is 18.0 Å². The number of hydrogen-bond acceptors (Lipinski definition) is 5. The van der Waals surface area contributed by atoms with Gasteiger partial charge in [0.25, 0.3) is 0 Å². The van der Waals surface area contributed by atoms with Crippen LogP contribution >= 0.6 is 0 Å². The van der Waals surface area contributed by atoms with Crippen LogP contribution in [0.3, 0.4) is 0 Å². The van der Waals surface area contributed by atoms with E-state index in [1.807, 2.05) is 6.92 Å². The van der Waals surface area contributed by atoms with E-state index >= 15 is 0 Å². The van der Waals surface area contributed by atoms with Gasteiger partial charge in [-0.1, -0.05) is 5.16 Å².